The molecule has 3 aromatic rings. The largest absolute Gasteiger partial charge is 0.490 e. The summed E-state index contributed by atoms with van der Waals surface area (Å²) in [6.07, 6.45) is 1.77. The predicted octanol–water partition coefficient (Wildman–Crippen LogP) is 5.41. The van der Waals surface area contributed by atoms with Crippen molar-refractivity contribution in [1.82, 2.24) is 14.9 Å². The number of hydrogen-bond acceptors (Lipinski definition) is 5. The van der Waals surface area contributed by atoms with Crippen molar-refractivity contribution in [2.24, 2.45) is 0 Å². The highest BCUT2D eigenvalue weighted by Gasteiger charge is 2.14. The zero-order valence-corrected chi connectivity index (χ0v) is 18.4. The van der Waals surface area contributed by atoms with Gasteiger partial charge < -0.3 is 14.9 Å². The first-order valence-electron chi connectivity index (χ1n) is 9.74. The summed E-state index contributed by atoms with van der Waals surface area (Å²) < 4.78 is 27.0. The summed E-state index contributed by atoms with van der Waals surface area (Å²) >= 11 is 11.8. The predicted molar refractivity (Wildman–Crippen MR) is 118 cm³/mol. The summed E-state index contributed by atoms with van der Waals surface area (Å²) in [5, 5.41) is 7.48. The molecule has 0 bridgehead atoms. The molecule has 160 valence electrons. The Morgan fingerprint density at radius 2 is 1.93 bits per heavy atom. The van der Waals surface area contributed by atoms with Crippen LogP contribution in [0.15, 0.2) is 36.4 Å². The molecule has 0 unspecified atom stereocenters. The molecule has 0 spiro atoms. The molecule has 0 saturated heterocycles. The van der Waals surface area contributed by atoms with Crippen LogP contribution in [0, 0.1) is 10.6 Å². The molecule has 2 aromatic carbocycles. The Hall–Kier alpha value is -2.58. The first-order chi connectivity index (χ1) is 14.5. The van der Waals surface area contributed by atoms with E-state index < -0.39 is 0 Å². The molecule has 2 N–H and O–H groups in total. The zero-order chi connectivity index (χ0) is 21.5. The van der Waals surface area contributed by atoms with Gasteiger partial charge in [0.2, 0.25) is 4.77 Å². The highest BCUT2D eigenvalue weighted by molar-refractivity contribution is 7.71. The molecule has 30 heavy (non-hydrogen) atoms. The van der Waals surface area contributed by atoms with E-state index in [2.05, 4.69) is 22.5 Å². The molecule has 0 saturated carbocycles. The van der Waals surface area contributed by atoms with E-state index in [4.69, 9.17) is 33.3 Å². The van der Waals surface area contributed by atoms with Gasteiger partial charge >= 0.3 is 0 Å². The second kappa shape index (κ2) is 10.4. The van der Waals surface area contributed by atoms with Crippen LogP contribution >= 0.6 is 23.8 Å². The van der Waals surface area contributed by atoms with E-state index in [9.17, 15) is 4.39 Å². The minimum Gasteiger partial charge on any atom is -0.490 e. The van der Waals surface area contributed by atoms with E-state index in [1.807, 2.05) is 19.1 Å². The Morgan fingerprint density at radius 3 is 2.63 bits per heavy atom. The zero-order valence-electron chi connectivity index (χ0n) is 16.9. The van der Waals surface area contributed by atoms with Crippen molar-refractivity contribution < 1.29 is 13.9 Å². The highest BCUT2D eigenvalue weighted by Crippen LogP contribution is 2.37. The number of nitrogens with zero attached hydrogens (tertiary/aromatic N) is 2. The Labute approximate surface area is 185 Å². The molecule has 0 aliphatic carbocycles. The van der Waals surface area contributed by atoms with Gasteiger partial charge in [0.15, 0.2) is 17.3 Å². The number of nitrogens with one attached hydrogen (secondary N) is 2. The van der Waals surface area contributed by atoms with E-state index in [0.29, 0.717) is 34.4 Å². The Bertz CT molecular complexity index is 1040. The smallest absolute Gasteiger partial charge is 0.214 e. The van der Waals surface area contributed by atoms with Crippen molar-refractivity contribution in [3.63, 3.8) is 0 Å². The summed E-state index contributed by atoms with van der Waals surface area (Å²) in [5.41, 5.74) is 5.01. The summed E-state index contributed by atoms with van der Waals surface area (Å²) in [6.45, 7) is 5.17. The van der Waals surface area contributed by atoms with E-state index >= 15 is 0 Å². The van der Waals surface area contributed by atoms with Gasteiger partial charge in [-0.25, -0.2) is 9.07 Å². The molecular formula is C21H24ClFN4O2S. The van der Waals surface area contributed by atoms with Gasteiger partial charge in [-0.1, -0.05) is 30.7 Å². The van der Waals surface area contributed by atoms with Gasteiger partial charge in [0.05, 0.1) is 18.2 Å². The normalized spacial score (nSPS) is 10.8. The maximum absolute atomic E-state index is 13.1. The fourth-order valence-electron chi connectivity index (χ4n) is 2.92. The average molecular weight is 451 g/mol. The number of aryl methyl sites for hydroxylation is 1. The number of hydrogen-bond donors (Lipinski definition) is 2. The Balaban J connectivity index is 1.76. The molecule has 3 rings (SSSR count). The third-order valence-corrected chi connectivity index (χ3v) is 4.88. The van der Waals surface area contributed by atoms with Gasteiger partial charge in [-0.15, -0.1) is 0 Å². The number of halogens is 2. The number of aromatic amines is 1. The van der Waals surface area contributed by atoms with Crippen molar-refractivity contribution in [3.05, 3.63) is 69.0 Å². The first-order valence-corrected chi connectivity index (χ1v) is 10.5. The Kier molecular flexibility index (Phi) is 7.70. The van der Waals surface area contributed by atoms with Crippen LogP contribution in [-0.2, 0) is 19.6 Å². The third kappa shape index (κ3) is 5.52. The molecule has 0 amide bonds. The monoisotopic (exact) mass is 450 g/mol. The second-order valence-electron chi connectivity index (χ2n) is 6.62. The lowest BCUT2D eigenvalue weighted by Crippen LogP contribution is -2.17. The lowest BCUT2D eigenvalue weighted by atomic mass is 10.2. The number of ether oxygens (including phenoxy) is 2. The van der Waals surface area contributed by atoms with Crippen molar-refractivity contribution in [2.75, 3.05) is 12.0 Å². The van der Waals surface area contributed by atoms with Crippen molar-refractivity contribution in [1.29, 1.82) is 0 Å². The summed E-state index contributed by atoms with van der Waals surface area (Å²) in [6, 6.07) is 9.83. The van der Waals surface area contributed by atoms with E-state index in [1.165, 1.54) is 12.1 Å². The molecular weight excluding hydrogens is 427 g/mol. The van der Waals surface area contributed by atoms with Gasteiger partial charge in [0.25, 0.3) is 0 Å². The lowest BCUT2D eigenvalue weighted by Gasteiger charge is -2.16. The standard InChI is InChI=1S/C21H24ClFN4O2S/c1-3-5-19-25-26-21(30)27(19)24-12-15-10-17(22)20(18(11-15)28-4-2)29-13-14-6-8-16(23)9-7-14/h6-11,24H,3-5,12-13H2,1-2H3,(H,26,30). The molecule has 0 fully saturated rings. The third-order valence-electron chi connectivity index (χ3n) is 4.32. The van der Waals surface area contributed by atoms with Gasteiger partial charge in [0, 0.05) is 6.42 Å². The summed E-state index contributed by atoms with van der Waals surface area (Å²) in [7, 11) is 0. The molecule has 9 heteroatoms. The number of benzene rings is 2. The summed E-state index contributed by atoms with van der Waals surface area (Å²) in [5.74, 6) is 1.56. The van der Waals surface area contributed by atoms with Crippen molar-refractivity contribution >= 4 is 23.8 Å². The number of H-pyrrole nitrogens is 1. The van der Waals surface area contributed by atoms with Crippen molar-refractivity contribution in [3.8, 4) is 11.5 Å². The molecule has 6 nitrogen and oxygen atoms in total. The SMILES string of the molecule is CCCc1n[nH]c(=S)n1NCc1cc(Cl)c(OCc2ccc(F)cc2)c(OCC)c1. The summed E-state index contributed by atoms with van der Waals surface area (Å²) in [4.78, 5) is 0. The topological polar surface area (TPSA) is 64.1 Å². The van der Waals surface area contributed by atoms with Crippen molar-refractivity contribution in [2.45, 2.75) is 39.8 Å². The minimum absolute atomic E-state index is 0.252. The van der Waals surface area contributed by atoms with Crippen LogP contribution in [0.5, 0.6) is 11.5 Å². The maximum atomic E-state index is 13.1. The number of aromatic nitrogens is 3. The van der Waals surface area contributed by atoms with Gasteiger partial charge in [-0.2, -0.15) is 5.10 Å². The van der Waals surface area contributed by atoms with E-state index in [1.54, 1.807) is 16.8 Å². The van der Waals surface area contributed by atoms with Crippen LogP contribution in [0.1, 0.15) is 37.2 Å². The molecule has 0 aliphatic heterocycles. The van der Waals surface area contributed by atoms with E-state index in [0.717, 1.165) is 29.8 Å². The van der Waals surface area contributed by atoms with Crippen LogP contribution < -0.4 is 14.9 Å². The highest BCUT2D eigenvalue weighted by atomic mass is 35.5. The van der Waals surface area contributed by atoms with Gasteiger partial charge in [0.1, 0.15) is 12.4 Å². The quantitative estimate of drug-likeness (QED) is 0.404. The first kappa shape index (κ1) is 22.1. The fourth-order valence-corrected chi connectivity index (χ4v) is 3.42. The molecule has 0 aliphatic rings. The Morgan fingerprint density at radius 1 is 1.17 bits per heavy atom. The van der Waals surface area contributed by atoms with E-state index in [-0.39, 0.29) is 12.4 Å². The van der Waals surface area contributed by atoms with Gasteiger partial charge in [-0.3, -0.25) is 5.10 Å². The molecule has 1 heterocycles. The van der Waals surface area contributed by atoms with Crippen LogP contribution in [0.3, 0.4) is 0 Å². The number of rotatable bonds is 10. The lowest BCUT2D eigenvalue weighted by molar-refractivity contribution is 0.269. The van der Waals surface area contributed by atoms with Crippen LogP contribution in [-0.4, -0.2) is 21.5 Å². The molecule has 0 radical (unpaired) electrons. The van der Waals surface area contributed by atoms with Crippen LogP contribution in [0.2, 0.25) is 5.02 Å². The van der Waals surface area contributed by atoms with Gasteiger partial charge in [-0.05, 0) is 61.0 Å². The fraction of sp³-hybridized carbons (Fsp3) is 0.333. The minimum atomic E-state index is -0.288. The van der Waals surface area contributed by atoms with Crippen LogP contribution in [0.4, 0.5) is 4.39 Å². The average Bonchev–Trinajstić information content (AvgIpc) is 3.07. The molecule has 1 aromatic heterocycles. The molecule has 0 atom stereocenters. The maximum Gasteiger partial charge on any atom is 0.214 e. The van der Waals surface area contributed by atoms with Crippen LogP contribution in [0.25, 0.3) is 0 Å². The second-order valence-corrected chi connectivity index (χ2v) is 7.41.